The van der Waals surface area contributed by atoms with Crippen LogP contribution >= 0.6 is 0 Å². The first kappa shape index (κ1) is 23.2. The van der Waals surface area contributed by atoms with Crippen molar-refractivity contribution in [1.29, 1.82) is 0 Å². The number of carbonyl (C=O) groups is 3. The molecule has 6 rings (SSSR count). The Morgan fingerprint density at radius 3 is 1.89 bits per heavy atom. The molecule has 0 aliphatic heterocycles. The number of allylic oxidation sites excluding steroid dienone is 8. The molecular formula is C31H37O4-. The Morgan fingerprint density at radius 2 is 1.20 bits per heavy atom. The lowest BCUT2D eigenvalue weighted by atomic mass is 9.62. The van der Waals surface area contributed by atoms with E-state index in [1.807, 2.05) is 0 Å². The molecule has 6 aliphatic carbocycles. The SMILES string of the molecule is O=C1C(=CC=CC=CC2=C([O-])C3CCC4CCCCC4C3C2=O)C(=O)C2C1CCC1CCCCC12. The average molecular weight is 474 g/mol. The van der Waals surface area contributed by atoms with Gasteiger partial charge in [-0.2, -0.15) is 0 Å². The maximum atomic E-state index is 13.2. The molecule has 8 unspecified atom stereocenters. The Balaban J connectivity index is 1.14. The van der Waals surface area contributed by atoms with Gasteiger partial charge in [0.1, 0.15) is 0 Å². The van der Waals surface area contributed by atoms with Gasteiger partial charge in [-0.15, -0.1) is 5.76 Å². The molecule has 0 aromatic carbocycles. The van der Waals surface area contributed by atoms with Crippen LogP contribution in [0.2, 0.25) is 0 Å². The average Bonchev–Trinajstić information content (AvgIpc) is 3.28. The van der Waals surface area contributed by atoms with Gasteiger partial charge in [-0.1, -0.05) is 62.8 Å². The van der Waals surface area contributed by atoms with Crippen LogP contribution in [0.15, 0.2) is 47.3 Å². The van der Waals surface area contributed by atoms with Crippen molar-refractivity contribution < 1.29 is 19.5 Å². The van der Waals surface area contributed by atoms with Gasteiger partial charge in [0, 0.05) is 23.3 Å². The fraction of sp³-hybridized carbons (Fsp3) is 0.645. The van der Waals surface area contributed by atoms with Crippen molar-refractivity contribution >= 4 is 17.3 Å². The first-order valence-electron chi connectivity index (χ1n) is 14.1. The zero-order valence-corrected chi connectivity index (χ0v) is 20.6. The summed E-state index contributed by atoms with van der Waals surface area (Å²) in [6, 6.07) is 0. The molecule has 6 aliphatic rings. The van der Waals surface area contributed by atoms with Crippen molar-refractivity contribution in [1.82, 2.24) is 0 Å². The Bertz CT molecular complexity index is 1040. The highest BCUT2D eigenvalue weighted by Gasteiger charge is 2.53. The van der Waals surface area contributed by atoms with E-state index < -0.39 is 0 Å². The topological polar surface area (TPSA) is 74.3 Å². The third-order valence-corrected chi connectivity index (χ3v) is 10.5. The summed E-state index contributed by atoms with van der Waals surface area (Å²) in [7, 11) is 0. The van der Waals surface area contributed by atoms with Crippen LogP contribution in [0.25, 0.3) is 0 Å². The van der Waals surface area contributed by atoms with Crippen LogP contribution < -0.4 is 5.11 Å². The van der Waals surface area contributed by atoms with E-state index in [4.69, 9.17) is 0 Å². The van der Waals surface area contributed by atoms with E-state index in [1.165, 1.54) is 38.5 Å². The summed E-state index contributed by atoms with van der Waals surface area (Å²) in [5.41, 5.74) is 0.705. The third-order valence-electron chi connectivity index (χ3n) is 10.5. The standard InChI is InChI=1S/C31H38O4/c32-28-22-16-14-18-8-4-6-10-20(18)26(22)30(34)24(28)12-2-1-3-13-25-29(33)23-17-15-19-9-5-7-11-21(19)27(23)31(25)35/h1-3,12-13,18-23,26-27,32H,4-11,14-17H2/p-1. The van der Waals surface area contributed by atoms with E-state index >= 15 is 0 Å². The fourth-order valence-corrected chi connectivity index (χ4v) is 8.92. The van der Waals surface area contributed by atoms with Crippen LogP contribution in [0.5, 0.6) is 0 Å². The summed E-state index contributed by atoms with van der Waals surface area (Å²) in [6.45, 7) is 0. The number of carbonyl (C=O) groups excluding carboxylic acids is 3. The minimum absolute atomic E-state index is 0.0271. The zero-order chi connectivity index (χ0) is 24.1. The Kier molecular flexibility index (Phi) is 6.18. The van der Waals surface area contributed by atoms with E-state index in [-0.39, 0.29) is 46.8 Å². The van der Waals surface area contributed by atoms with E-state index in [2.05, 4.69) is 0 Å². The molecular weight excluding hydrogens is 436 g/mol. The molecule has 5 saturated carbocycles. The molecule has 0 aromatic heterocycles. The second-order valence-electron chi connectivity index (χ2n) is 12.0. The van der Waals surface area contributed by atoms with Crippen molar-refractivity contribution in [3.05, 3.63) is 47.3 Å². The van der Waals surface area contributed by atoms with Crippen molar-refractivity contribution in [2.24, 2.45) is 47.3 Å². The first-order valence-corrected chi connectivity index (χ1v) is 14.1. The van der Waals surface area contributed by atoms with Gasteiger partial charge < -0.3 is 5.11 Å². The Morgan fingerprint density at radius 1 is 0.600 bits per heavy atom. The fourth-order valence-electron chi connectivity index (χ4n) is 8.92. The van der Waals surface area contributed by atoms with Crippen molar-refractivity contribution in [2.45, 2.75) is 77.0 Å². The molecule has 4 heteroatoms. The predicted molar refractivity (Wildman–Crippen MR) is 132 cm³/mol. The molecule has 0 spiro atoms. The van der Waals surface area contributed by atoms with Crippen molar-refractivity contribution in [3.8, 4) is 0 Å². The van der Waals surface area contributed by atoms with Crippen LogP contribution in [0.3, 0.4) is 0 Å². The summed E-state index contributed by atoms with van der Waals surface area (Å²) in [4.78, 5) is 39.4. The van der Waals surface area contributed by atoms with E-state index in [1.54, 1.807) is 30.4 Å². The molecule has 0 N–H and O–H groups in total. The molecule has 0 amide bonds. The largest absolute Gasteiger partial charge is 0.875 e. The second-order valence-corrected chi connectivity index (χ2v) is 12.0. The highest BCUT2D eigenvalue weighted by molar-refractivity contribution is 6.27. The highest BCUT2D eigenvalue weighted by atomic mass is 16.3. The number of rotatable bonds is 3. The van der Waals surface area contributed by atoms with Gasteiger partial charge in [0.25, 0.3) is 0 Å². The number of fused-ring (bicyclic) bond motifs is 6. The Labute approximate surface area is 208 Å². The molecule has 5 fully saturated rings. The molecule has 0 saturated heterocycles. The van der Waals surface area contributed by atoms with E-state index in [9.17, 15) is 19.5 Å². The number of hydrogen-bond donors (Lipinski definition) is 0. The molecule has 35 heavy (non-hydrogen) atoms. The van der Waals surface area contributed by atoms with Gasteiger partial charge in [0.2, 0.25) is 0 Å². The van der Waals surface area contributed by atoms with Crippen LogP contribution in [0, 0.1) is 47.3 Å². The number of Topliss-reactive ketones (excluding diaryl/α,β-unsaturated/α-hetero) is 3. The first-order chi connectivity index (χ1) is 17.1. The monoisotopic (exact) mass is 473 g/mol. The van der Waals surface area contributed by atoms with Crippen LogP contribution in [-0.2, 0) is 14.4 Å². The predicted octanol–water partition coefficient (Wildman–Crippen LogP) is 5.04. The lowest BCUT2D eigenvalue weighted by Crippen LogP contribution is -2.39. The van der Waals surface area contributed by atoms with E-state index in [0.717, 1.165) is 38.5 Å². The maximum absolute atomic E-state index is 13.2. The number of hydrogen-bond acceptors (Lipinski definition) is 4. The Hall–Kier alpha value is -2.23. The minimum Gasteiger partial charge on any atom is -0.875 e. The van der Waals surface area contributed by atoms with Gasteiger partial charge in [-0.05, 0) is 74.2 Å². The summed E-state index contributed by atoms with van der Waals surface area (Å²) in [5.74, 6) is 1.71. The minimum atomic E-state index is -0.117. The quantitative estimate of drug-likeness (QED) is 0.327. The molecule has 8 atom stereocenters. The molecule has 0 bridgehead atoms. The molecule has 0 radical (unpaired) electrons. The maximum Gasteiger partial charge on any atom is 0.170 e. The van der Waals surface area contributed by atoms with Crippen LogP contribution in [0.4, 0.5) is 0 Å². The number of ketones is 3. The van der Waals surface area contributed by atoms with Gasteiger partial charge >= 0.3 is 0 Å². The molecule has 0 heterocycles. The lowest BCUT2D eigenvalue weighted by molar-refractivity contribution is -0.318. The van der Waals surface area contributed by atoms with Gasteiger partial charge in [-0.3, -0.25) is 14.4 Å². The smallest absolute Gasteiger partial charge is 0.170 e. The van der Waals surface area contributed by atoms with Gasteiger partial charge in [0.15, 0.2) is 17.3 Å². The summed E-state index contributed by atoms with van der Waals surface area (Å²) >= 11 is 0. The summed E-state index contributed by atoms with van der Waals surface area (Å²) in [5, 5.41) is 13.0. The summed E-state index contributed by atoms with van der Waals surface area (Å²) in [6.07, 6.45) is 21.9. The third kappa shape index (κ3) is 3.83. The van der Waals surface area contributed by atoms with Crippen molar-refractivity contribution in [2.75, 3.05) is 0 Å². The lowest BCUT2D eigenvalue weighted by Gasteiger charge is -2.43. The molecule has 0 aromatic rings. The highest BCUT2D eigenvalue weighted by Crippen LogP contribution is 2.53. The van der Waals surface area contributed by atoms with Gasteiger partial charge in [0.05, 0.1) is 5.57 Å². The molecule has 186 valence electrons. The molecule has 4 nitrogen and oxygen atoms in total. The van der Waals surface area contributed by atoms with Crippen LogP contribution in [-0.4, -0.2) is 17.3 Å². The van der Waals surface area contributed by atoms with Gasteiger partial charge in [-0.25, -0.2) is 0 Å². The normalized spacial score (nSPS) is 42.6. The van der Waals surface area contributed by atoms with Crippen LogP contribution in [0.1, 0.15) is 77.0 Å². The van der Waals surface area contributed by atoms with E-state index in [0.29, 0.717) is 34.8 Å². The van der Waals surface area contributed by atoms with Crippen molar-refractivity contribution in [3.63, 3.8) is 0 Å². The second kappa shape index (κ2) is 9.33. The summed E-state index contributed by atoms with van der Waals surface area (Å²) < 4.78 is 0. The zero-order valence-electron chi connectivity index (χ0n) is 20.6.